The fraction of sp³-hybridized carbons (Fsp3) is 0.423. The number of ether oxygens (including phenoxy) is 2. The van der Waals surface area contributed by atoms with Crippen molar-refractivity contribution in [2.24, 2.45) is 0 Å². The van der Waals surface area contributed by atoms with Crippen LogP contribution in [0.3, 0.4) is 0 Å². The molecule has 0 N–H and O–H groups in total. The maximum atomic E-state index is 13.5. The van der Waals surface area contributed by atoms with Gasteiger partial charge in [0.2, 0.25) is 6.23 Å². The van der Waals surface area contributed by atoms with Crippen molar-refractivity contribution in [2.45, 2.75) is 70.7 Å². The average Bonchev–Trinajstić information content (AvgIpc) is 3.10. The number of esters is 1. The van der Waals surface area contributed by atoms with Crippen molar-refractivity contribution in [3.8, 4) is 0 Å². The summed E-state index contributed by atoms with van der Waals surface area (Å²) in [6.07, 6.45) is 2.92. The van der Waals surface area contributed by atoms with Crippen molar-refractivity contribution in [3.05, 3.63) is 71.8 Å². The quantitative estimate of drug-likeness (QED) is 0.238. The molecule has 1 saturated heterocycles. The summed E-state index contributed by atoms with van der Waals surface area (Å²) in [6, 6.07) is 18.9. The van der Waals surface area contributed by atoms with Crippen LogP contribution in [0.5, 0.6) is 0 Å². The molecule has 1 amide bonds. The molecule has 0 bridgehead atoms. The largest absolute Gasteiger partial charge is 0.444 e. The predicted octanol–water partition coefficient (Wildman–Crippen LogP) is 6.37. The van der Waals surface area contributed by atoms with Crippen molar-refractivity contribution >= 4 is 29.1 Å². The normalized spacial score (nSPS) is 20.1. The molecule has 2 aromatic carbocycles. The summed E-state index contributed by atoms with van der Waals surface area (Å²) in [5.41, 5.74) is 0.535. The third-order valence-electron chi connectivity index (χ3n) is 5.87. The number of benzene rings is 2. The maximum absolute atomic E-state index is 13.5. The summed E-state index contributed by atoms with van der Waals surface area (Å²) >= 11 is 5.31. The Morgan fingerprint density at radius 2 is 1.72 bits per heavy atom. The first-order valence-electron chi connectivity index (χ1n) is 11.2. The Labute approximate surface area is 195 Å². The molecule has 32 heavy (non-hydrogen) atoms. The number of carbonyl (C=O) groups is 2. The Morgan fingerprint density at radius 3 is 2.34 bits per heavy atom. The topological polar surface area (TPSA) is 55.8 Å². The number of carbonyl (C=O) groups excluding carboxylic acids is 2. The number of cyclic esters (lactones) is 1. The van der Waals surface area contributed by atoms with Gasteiger partial charge in [0.15, 0.2) is 0 Å². The van der Waals surface area contributed by atoms with Crippen LogP contribution in [0.15, 0.2) is 60.7 Å². The van der Waals surface area contributed by atoms with Gasteiger partial charge in [0.1, 0.15) is 12.1 Å². The Bertz CT molecular complexity index is 918. The lowest BCUT2D eigenvalue weighted by molar-refractivity contribution is -0.146. The first-order chi connectivity index (χ1) is 15.5. The van der Waals surface area contributed by atoms with E-state index < -0.39 is 17.9 Å². The molecule has 5 nitrogen and oxygen atoms in total. The van der Waals surface area contributed by atoms with E-state index in [9.17, 15) is 9.59 Å². The maximum Gasteiger partial charge on any atom is 0.414 e. The van der Waals surface area contributed by atoms with Crippen LogP contribution in [0.1, 0.15) is 69.7 Å². The monoisotopic (exact) mass is 453 g/mol. The molecule has 1 fully saturated rings. The van der Waals surface area contributed by atoms with Gasteiger partial charge < -0.3 is 9.47 Å². The smallest absolute Gasteiger partial charge is 0.414 e. The Morgan fingerprint density at radius 1 is 1.06 bits per heavy atom. The first kappa shape index (κ1) is 23.9. The molecule has 2 atom stereocenters. The molecule has 1 heterocycles. The second kappa shape index (κ2) is 11.2. The molecule has 170 valence electrons. The third-order valence-corrected chi connectivity index (χ3v) is 6.07. The molecule has 2 aromatic rings. The highest BCUT2D eigenvalue weighted by atomic mass is 32.1. The van der Waals surface area contributed by atoms with E-state index in [1.807, 2.05) is 67.6 Å². The molecule has 6 heteroatoms. The van der Waals surface area contributed by atoms with Crippen molar-refractivity contribution in [1.29, 1.82) is 0 Å². The summed E-state index contributed by atoms with van der Waals surface area (Å²) < 4.78 is 11.6. The molecule has 0 spiro atoms. The lowest BCUT2D eigenvalue weighted by Crippen LogP contribution is -2.52. The number of amides is 1. The molecule has 0 aromatic heterocycles. The zero-order valence-electron chi connectivity index (χ0n) is 18.8. The Balaban J connectivity index is 1.95. The number of thiocarbonyl (C=S) groups is 1. The minimum atomic E-state index is -1.09. The predicted molar refractivity (Wildman–Crippen MR) is 128 cm³/mol. The highest BCUT2D eigenvalue weighted by Gasteiger charge is 2.58. The lowest BCUT2D eigenvalue weighted by Gasteiger charge is -2.36. The lowest BCUT2D eigenvalue weighted by atomic mass is 9.85. The highest BCUT2D eigenvalue weighted by Crippen LogP contribution is 2.44. The Hall–Kier alpha value is -2.73. The summed E-state index contributed by atoms with van der Waals surface area (Å²) in [5.74, 6) is -0.379. The second-order valence-electron chi connectivity index (χ2n) is 8.27. The van der Waals surface area contributed by atoms with Gasteiger partial charge in [-0.15, -0.1) is 0 Å². The molecule has 0 radical (unpaired) electrons. The molecule has 0 unspecified atom stereocenters. The van der Waals surface area contributed by atoms with Crippen LogP contribution in [0.25, 0.3) is 0 Å². The molecular weight excluding hydrogens is 422 g/mol. The average molecular weight is 454 g/mol. The van der Waals surface area contributed by atoms with E-state index in [0.717, 1.165) is 35.3 Å². The van der Waals surface area contributed by atoms with Crippen LogP contribution in [0.4, 0.5) is 4.79 Å². The van der Waals surface area contributed by atoms with Crippen LogP contribution in [0, 0.1) is 0 Å². The zero-order valence-corrected chi connectivity index (χ0v) is 19.6. The van der Waals surface area contributed by atoms with Gasteiger partial charge in [-0.05, 0) is 36.6 Å². The Kier molecular flexibility index (Phi) is 8.39. The minimum absolute atomic E-state index is 0.128. The van der Waals surface area contributed by atoms with Crippen molar-refractivity contribution in [1.82, 2.24) is 4.90 Å². The summed E-state index contributed by atoms with van der Waals surface area (Å²) in [4.78, 5) is 29.2. The summed E-state index contributed by atoms with van der Waals surface area (Å²) in [5, 5.41) is 0. The van der Waals surface area contributed by atoms with Crippen LogP contribution in [-0.4, -0.2) is 27.4 Å². The fourth-order valence-electron chi connectivity index (χ4n) is 4.10. The van der Waals surface area contributed by atoms with Crippen molar-refractivity contribution in [3.63, 3.8) is 0 Å². The number of rotatable bonds is 10. The molecule has 0 aliphatic carbocycles. The minimum Gasteiger partial charge on any atom is -0.444 e. The van der Waals surface area contributed by atoms with Gasteiger partial charge in [0, 0.05) is 5.56 Å². The molecule has 1 aliphatic heterocycles. The van der Waals surface area contributed by atoms with Crippen molar-refractivity contribution < 1.29 is 19.1 Å². The van der Waals surface area contributed by atoms with Crippen molar-refractivity contribution in [2.75, 3.05) is 0 Å². The molecule has 3 rings (SSSR count). The van der Waals surface area contributed by atoms with Crippen LogP contribution >= 0.6 is 12.2 Å². The summed E-state index contributed by atoms with van der Waals surface area (Å²) in [6.45, 7) is 4.10. The van der Waals surface area contributed by atoms with Gasteiger partial charge in [-0.25, -0.2) is 9.59 Å². The van der Waals surface area contributed by atoms with Gasteiger partial charge in [-0.3, -0.25) is 4.90 Å². The van der Waals surface area contributed by atoms with Crippen LogP contribution < -0.4 is 0 Å². The first-order valence-corrected chi connectivity index (χ1v) is 11.6. The van der Waals surface area contributed by atoms with E-state index in [2.05, 4.69) is 6.92 Å². The van der Waals surface area contributed by atoms with Gasteiger partial charge >= 0.3 is 12.1 Å². The van der Waals surface area contributed by atoms with Gasteiger partial charge in [-0.1, -0.05) is 99.1 Å². The number of unbranched alkanes of at least 4 members (excludes halogenated alkanes) is 2. The zero-order chi connectivity index (χ0) is 23.0. The van der Waals surface area contributed by atoms with E-state index in [1.54, 1.807) is 0 Å². The van der Waals surface area contributed by atoms with E-state index >= 15 is 0 Å². The molecule has 1 aliphatic rings. The number of hydrogen-bond acceptors (Lipinski definition) is 5. The van der Waals surface area contributed by atoms with Gasteiger partial charge in [0.25, 0.3) is 0 Å². The molecule has 0 saturated carbocycles. The van der Waals surface area contributed by atoms with Crippen LogP contribution in [0.2, 0.25) is 0 Å². The molecular formula is C26H31NO4S. The number of nitrogens with zero attached hydrogens (tertiary/aromatic N) is 1. The van der Waals surface area contributed by atoms with Crippen LogP contribution in [-0.2, 0) is 20.9 Å². The van der Waals surface area contributed by atoms with E-state index in [1.165, 1.54) is 4.90 Å². The standard InChI is InChI=1S/C26H31NO4S/c1-3-4-11-17-26(18-16-20(2)32)24(28)31-23(22-14-9-6-10-15-22)27(26)25(29)30-19-21-12-7-5-8-13-21/h5-10,12-15,23H,3-4,11,16-19H2,1-2H3/t23-,26-/m1/s1. The van der Waals surface area contributed by atoms with E-state index in [-0.39, 0.29) is 12.6 Å². The number of hydrogen-bond donors (Lipinski definition) is 0. The van der Waals surface area contributed by atoms with Gasteiger partial charge in [0.05, 0.1) is 0 Å². The van der Waals surface area contributed by atoms with Gasteiger partial charge in [-0.2, -0.15) is 0 Å². The SMILES string of the molecule is CCCCC[C@@]1(CCC(C)=S)C(=O)O[C@H](c2ccccc2)N1C(=O)OCc1ccccc1. The summed E-state index contributed by atoms with van der Waals surface area (Å²) in [7, 11) is 0. The third kappa shape index (κ3) is 5.54. The van der Waals surface area contributed by atoms with E-state index in [0.29, 0.717) is 19.3 Å². The second-order valence-corrected chi connectivity index (χ2v) is 8.97. The highest BCUT2D eigenvalue weighted by molar-refractivity contribution is 7.80. The van der Waals surface area contributed by atoms with E-state index in [4.69, 9.17) is 21.7 Å². The fourth-order valence-corrected chi connectivity index (χ4v) is 4.20.